The van der Waals surface area contributed by atoms with E-state index in [1.54, 1.807) is 6.20 Å². The highest BCUT2D eigenvalue weighted by Crippen LogP contribution is 2.14. The first-order valence-electron chi connectivity index (χ1n) is 4.44. The molecule has 13 heavy (non-hydrogen) atoms. The summed E-state index contributed by atoms with van der Waals surface area (Å²) in [6.07, 6.45) is 3.74. The van der Waals surface area contributed by atoms with Crippen LogP contribution in [0.2, 0.25) is 0 Å². The average Bonchev–Trinajstić information content (AvgIpc) is 2.51. The molecular formula is C9H16ClN3. The lowest BCUT2D eigenvalue weighted by atomic mass is 10.1. The highest BCUT2D eigenvalue weighted by molar-refractivity contribution is 6.18. The van der Waals surface area contributed by atoms with Crippen molar-refractivity contribution >= 4 is 17.5 Å². The fourth-order valence-corrected chi connectivity index (χ4v) is 1.09. The molecule has 0 saturated carbocycles. The molecule has 0 atom stereocenters. The summed E-state index contributed by atoms with van der Waals surface area (Å²) in [5.41, 5.74) is -0.111. The fourth-order valence-electron chi connectivity index (χ4n) is 1.02. The minimum absolute atomic E-state index is 0.111. The standard InChI is InChI=1S/C9H16ClN3/c1-4-13-6-5-11-8(13)12-9(2,3)7-10/h5-6H,4,7H2,1-3H3,(H,11,12). The van der Waals surface area contributed by atoms with Crippen molar-refractivity contribution in [3.05, 3.63) is 12.4 Å². The normalized spacial score (nSPS) is 11.7. The van der Waals surface area contributed by atoms with Crippen LogP contribution in [-0.2, 0) is 6.54 Å². The van der Waals surface area contributed by atoms with E-state index in [1.165, 1.54) is 0 Å². The van der Waals surface area contributed by atoms with E-state index in [9.17, 15) is 0 Å². The minimum Gasteiger partial charge on any atom is -0.350 e. The molecule has 0 unspecified atom stereocenters. The number of hydrogen-bond donors (Lipinski definition) is 1. The van der Waals surface area contributed by atoms with Crippen LogP contribution in [0.25, 0.3) is 0 Å². The van der Waals surface area contributed by atoms with Crippen LogP contribution in [0.4, 0.5) is 5.95 Å². The molecule has 74 valence electrons. The molecule has 0 spiro atoms. The monoisotopic (exact) mass is 201 g/mol. The lowest BCUT2D eigenvalue weighted by molar-refractivity contribution is 0.619. The molecule has 1 rings (SSSR count). The number of rotatable bonds is 4. The van der Waals surface area contributed by atoms with Gasteiger partial charge in [0.05, 0.1) is 0 Å². The van der Waals surface area contributed by atoms with Gasteiger partial charge < -0.3 is 9.88 Å². The van der Waals surface area contributed by atoms with Crippen molar-refractivity contribution in [2.24, 2.45) is 0 Å². The van der Waals surface area contributed by atoms with Crippen molar-refractivity contribution < 1.29 is 0 Å². The van der Waals surface area contributed by atoms with Gasteiger partial charge in [0.2, 0.25) is 5.95 Å². The van der Waals surface area contributed by atoms with Gasteiger partial charge in [-0.25, -0.2) is 4.98 Å². The number of anilines is 1. The first kappa shape index (κ1) is 10.4. The Bertz CT molecular complexity index is 268. The molecule has 0 radical (unpaired) electrons. The van der Waals surface area contributed by atoms with E-state index >= 15 is 0 Å². The van der Waals surface area contributed by atoms with Gasteiger partial charge in [-0.05, 0) is 20.8 Å². The van der Waals surface area contributed by atoms with Gasteiger partial charge in [0.15, 0.2) is 0 Å². The second-order valence-electron chi connectivity index (χ2n) is 3.68. The molecule has 1 N–H and O–H groups in total. The summed E-state index contributed by atoms with van der Waals surface area (Å²) in [4.78, 5) is 4.21. The Morgan fingerprint density at radius 1 is 1.62 bits per heavy atom. The van der Waals surface area contributed by atoms with Crippen LogP contribution in [0.1, 0.15) is 20.8 Å². The summed E-state index contributed by atoms with van der Waals surface area (Å²) in [5, 5.41) is 3.29. The van der Waals surface area contributed by atoms with Crippen LogP contribution in [0, 0.1) is 0 Å². The van der Waals surface area contributed by atoms with Crippen LogP contribution in [0.5, 0.6) is 0 Å². The Labute approximate surface area is 84.1 Å². The third-order valence-electron chi connectivity index (χ3n) is 1.84. The van der Waals surface area contributed by atoms with Crippen molar-refractivity contribution in [1.82, 2.24) is 9.55 Å². The summed E-state index contributed by atoms with van der Waals surface area (Å²) in [6, 6.07) is 0. The third-order valence-corrected chi connectivity index (χ3v) is 2.51. The van der Waals surface area contributed by atoms with E-state index < -0.39 is 0 Å². The number of aromatic nitrogens is 2. The van der Waals surface area contributed by atoms with Gasteiger partial charge in [-0.2, -0.15) is 0 Å². The predicted molar refractivity (Wildman–Crippen MR) is 56.3 cm³/mol. The quantitative estimate of drug-likeness (QED) is 0.758. The van der Waals surface area contributed by atoms with E-state index in [-0.39, 0.29) is 5.54 Å². The zero-order chi connectivity index (χ0) is 9.90. The molecule has 0 amide bonds. The number of nitrogens with zero attached hydrogens (tertiary/aromatic N) is 2. The average molecular weight is 202 g/mol. The predicted octanol–water partition coefficient (Wildman–Crippen LogP) is 2.33. The lowest BCUT2D eigenvalue weighted by Crippen LogP contribution is -2.34. The fraction of sp³-hybridized carbons (Fsp3) is 0.667. The topological polar surface area (TPSA) is 29.9 Å². The van der Waals surface area contributed by atoms with Gasteiger partial charge in [0, 0.05) is 30.4 Å². The third kappa shape index (κ3) is 2.62. The Morgan fingerprint density at radius 3 is 2.85 bits per heavy atom. The molecule has 0 aliphatic heterocycles. The van der Waals surface area contributed by atoms with Crippen molar-refractivity contribution in [2.45, 2.75) is 32.9 Å². The van der Waals surface area contributed by atoms with Crippen LogP contribution >= 0.6 is 11.6 Å². The smallest absolute Gasteiger partial charge is 0.203 e. The molecule has 1 aromatic rings. The maximum atomic E-state index is 5.81. The maximum absolute atomic E-state index is 5.81. The number of imidazole rings is 1. The number of alkyl halides is 1. The maximum Gasteiger partial charge on any atom is 0.203 e. The second-order valence-corrected chi connectivity index (χ2v) is 3.95. The van der Waals surface area contributed by atoms with Crippen molar-refractivity contribution in [1.29, 1.82) is 0 Å². The van der Waals surface area contributed by atoms with E-state index in [4.69, 9.17) is 11.6 Å². The number of aryl methyl sites for hydroxylation is 1. The molecule has 0 aliphatic carbocycles. The van der Waals surface area contributed by atoms with E-state index in [0.717, 1.165) is 12.5 Å². The van der Waals surface area contributed by atoms with Gasteiger partial charge in [0.1, 0.15) is 0 Å². The Morgan fingerprint density at radius 2 is 2.31 bits per heavy atom. The Hall–Kier alpha value is -0.700. The summed E-state index contributed by atoms with van der Waals surface area (Å²) < 4.78 is 2.05. The first-order valence-corrected chi connectivity index (χ1v) is 4.98. The summed E-state index contributed by atoms with van der Waals surface area (Å²) in [7, 11) is 0. The summed E-state index contributed by atoms with van der Waals surface area (Å²) >= 11 is 5.81. The minimum atomic E-state index is -0.111. The highest BCUT2D eigenvalue weighted by Gasteiger charge is 2.17. The zero-order valence-corrected chi connectivity index (χ0v) is 9.10. The van der Waals surface area contributed by atoms with Crippen molar-refractivity contribution in [3.63, 3.8) is 0 Å². The van der Waals surface area contributed by atoms with Crippen LogP contribution in [0.3, 0.4) is 0 Å². The van der Waals surface area contributed by atoms with Gasteiger partial charge in [-0.15, -0.1) is 11.6 Å². The molecule has 3 nitrogen and oxygen atoms in total. The molecule has 0 aromatic carbocycles. The van der Waals surface area contributed by atoms with Crippen molar-refractivity contribution in [3.8, 4) is 0 Å². The van der Waals surface area contributed by atoms with Crippen LogP contribution < -0.4 is 5.32 Å². The molecular weight excluding hydrogens is 186 g/mol. The SMILES string of the molecule is CCn1ccnc1NC(C)(C)CCl. The Balaban J connectivity index is 2.73. The molecule has 0 bridgehead atoms. The summed E-state index contributed by atoms with van der Waals surface area (Å²) in [5.74, 6) is 1.44. The van der Waals surface area contributed by atoms with E-state index in [2.05, 4.69) is 31.1 Å². The van der Waals surface area contributed by atoms with E-state index in [0.29, 0.717) is 5.88 Å². The molecule has 1 heterocycles. The number of hydrogen-bond acceptors (Lipinski definition) is 2. The largest absolute Gasteiger partial charge is 0.350 e. The lowest BCUT2D eigenvalue weighted by Gasteiger charge is -2.24. The number of nitrogens with one attached hydrogen (secondary N) is 1. The van der Waals surface area contributed by atoms with Gasteiger partial charge >= 0.3 is 0 Å². The van der Waals surface area contributed by atoms with E-state index in [1.807, 2.05) is 10.8 Å². The molecule has 0 aliphatic rings. The van der Waals surface area contributed by atoms with Gasteiger partial charge in [0.25, 0.3) is 0 Å². The molecule has 0 saturated heterocycles. The Kier molecular flexibility index (Phi) is 3.20. The first-order chi connectivity index (χ1) is 6.09. The zero-order valence-electron chi connectivity index (χ0n) is 8.34. The highest BCUT2D eigenvalue weighted by atomic mass is 35.5. The van der Waals surface area contributed by atoms with Crippen LogP contribution in [-0.4, -0.2) is 21.0 Å². The van der Waals surface area contributed by atoms with Crippen LogP contribution in [0.15, 0.2) is 12.4 Å². The summed E-state index contributed by atoms with van der Waals surface area (Å²) in [6.45, 7) is 7.10. The molecule has 4 heteroatoms. The molecule has 1 aromatic heterocycles. The van der Waals surface area contributed by atoms with Crippen molar-refractivity contribution in [2.75, 3.05) is 11.2 Å². The second kappa shape index (κ2) is 4.01. The number of halogens is 1. The van der Waals surface area contributed by atoms with Gasteiger partial charge in [-0.1, -0.05) is 0 Å². The molecule has 0 fully saturated rings. The van der Waals surface area contributed by atoms with Gasteiger partial charge in [-0.3, -0.25) is 0 Å².